The molecule has 0 aliphatic carbocycles. The van der Waals surface area contributed by atoms with E-state index in [9.17, 15) is 18.3 Å². The first-order valence-corrected chi connectivity index (χ1v) is 7.63. The summed E-state index contributed by atoms with van der Waals surface area (Å²) in [6.07, 6.45) is -4.64. The average molecular weight is 362 g/mol. The number of imidazole rings is 1. The third kappa shape index (κ3) is 3.80. The molecule has 1 N–H and O–H groups in total. The van der Waals surface area contributed by atoms with Crippen LogP contribution in [0.4, 0.5) is 18.9 Å². The van der Waals surface area contributed by atoms with Gasteiger partial charge in [-0.3, -0.25) is 0 Å². The summed E-state index contributed by atoms with van der Waals surface area (Å²) in [4.78, 5) is 7.14. The number of aliphatic hydroxyl groups is 1. The summed E-state index contributed by atoms with van der Waals surface area (Å²) in [7, 11) is 0. The Kier molecular flexibility index (Phi) is 5.24. The zero-order valence-corrected chi connectivity index (χ0v) is 13.4. The number of hydrogen-bond donors (Lipinski definition) is 1. The minimum Gasteiger partial charge on any atom is -0.388 e. The maximum Gasteiger partial charge on any atom is 0.436 e. The molecule has 0 radical (unpaired) electrons. The molecule has 2 aromatic rings. The lowest BCUT2D eigenvalue weighted by Crippen LogP contribution is -2.08. The van der Waals surface area contributed by atoms with Crippen molar-refractivity contribution in [1.82, 2.24) is 9.55 Å². The lowest BCUT2D eigenvalue weighted by molar-refractivity contribution is -0.143. The third-order valence-electron chi connectivity index (χ3n) is 2.93. The van der Waals surface area contributed by atoms with Gasteiger partial charge >= 0.3 is 6.18 Å². The predicted octanol–water partition coefficient (Wildman–Crippen LogP) is 4.77. The summed E-state index contributed by atoms with van der Waals surface area (Å²) >= 11 is 6.70. The zero-order valence-electron chi connectivity index (χ0n) is 11.9. The molecule has 0 amide bonds. The van der Waals surface area contributed by atoms with Crippen LogP contribution >= 0.6 is 23.4 Å². The first-order valence-electron chi connectivity index (χ1n) is 6.43. The Morgan fingerprint density at radius 1 is 1.39 bits per heavy atom. The molecule has 1 heterocycles. The van der Waals surface area contributed by atoms with Gasteiger partial charge in [0.2, 0.25) is 0 Å². The summed E-state index contributed by atoms with van der Waals surface area (Å²) in [5.41, 5.74) is -0.823. The van der Waals surface area contributed by atoms with Gasteiger partial charge in [0.1, 0.15) is 17.5 Å². The van der Waals surface area contributed by atoms with Crippen LogP contribution in [-0.4, -0.2) is 14.7 Å². The molecule has 1 aromatic carbocycles. The van der Waals surface area contributed by atoms with Crippen LogP contribution in [0.1, 0.15) is 18.4 Å². The van der Waals surface area contributed by atoms with Crippen LogP contribution in [0.25, 0.3) is 4.85 Å². The van der Waals surface area contributed by atoms with E-state index >= 15 is 0 Å². The van der Waals surface area contributed by atoms with Crippen LogP contribution < -0.4 is 0 Å². The summed E-state index contributed by atoms with van der Waals surface area (Å²) < 4.78 is 40.9. The summed E-state index contributed by atoms with van der Waals surface area (Å²) in [6.45, 7) is 8.28. The minimum absolute atomic E-state index is 0.0604. The van der Waals surface area contributed by atoms with E-state index in [1.807, 2.05) is 0 Å². The molecule has 0 bridgehead atoms. The monoisotopic (exact) mass is 361 g/mol. The molecular formula is C14H11ClF3N3OS. The Balaban J connectivity index is 2.56. The molecule has 0 aliphatic rings. The number of hydrogen-bond acceptors (Lipinski definition) is 3. The SMILES string of the molecule is [C-]#[N+]c1cc(Cl)cc(Sc2c(C(F)(F)F)nc(CO)n2CC)c1. The van der Waals surface area contributed by atoms with E-state index in [2.05, 4.69) is 9.83 Å². The number of benzene rings is 1. The molecule has 0 fully saturated rings. The van der Waals surface area contributed by atoms with Crippen molar-refractivity contribution < 1.29 is 18.3 Å². The van der Waals surface area contributed by atoms with Crippen molar-refractivity contribution in [1.29, 1.82) is 0 Å². The summed E-state index contributed by atoms with van der Waals surface area (Å²) in [6, 6.07) is 4.36. The topological polar surface area (TPSA) is 42.4 Å². The molecule has 1 aromatic heterocycles. The second kappa shape index (κ2) is 6.83. The number of nitrogens with zero attached hydrogens (tertiary/aromatic N) is 3. The number of halogens is 4. The van der Waals surface area contributed by atoms with E-state index in [0.29, 0.717) is 4.90 Å². The molecule has 0 saturated carbocycles. The fraction of sp³-hybridized carbons (Fsp3) is 0.286. The van der Waals surface area contributed by atoms with Gasteiger partial charge in [0, 0.05) is 16.5 Å². The largest absolute Gasteiger partial charge is 0.436 e. The van der Waals surface area contributed by atoms with Crippen LogP contribution in [-0.2, 0) is 19.3 Å². The van der Waals surface area contributed by atoms with E-state index in [0.717, 1.165) is 11.8 Å². The highest BCUT2D eigenvalue weighted by molar-refractivity contribution is 7.99. The highest BCUT2D eigenvalue weighted by Crippen LogP contribution is 2.41. The van der Waals surface area contributed by atoms with E-state index in [4.69, 9.17) is 18.2 Å². The smallest absolute Gasteiger partial charge is 0.388 e. The summed E-state index contributed by atoms with van der Waals surface area (Å²) in [5, 5.41) is 9.35. The number of alkyl halides is 3. The molecule has 9 heteroatoms. The zero-order chi connectivity index (χ0) is 17.2. The normalized spacial score (nSPS) is 11.5. The van der Waals surface area contributed by atoms with Gasteiger partial charge in [-0.1, -0.05) is 23.4 Å². The minimum atomic E-state index is -4.64. The van der Waals surface area contributed by atoms with E-state index in [-0.39, 0.29) is 28.1 Å². The highest BCUT2D eigenvalue weighted by Gasteiger charge is 2.39. The molecule has 23 heavy (non-hydrogen) atoms. The van der Waals surface area contributed by atoms with Crippen molar-refractivity contribution in [3.8, 4) is 0 Å². The predicted molar refractivity (Wildman–Crippen MR) is 80.7 cm³/mol. The lowest BCUT2D eigenvalue weighted by atomic mass is 10.3. The first kappa shape index (κ1) is 17.7. The quantitative estimate of drug-likeness (QED) is 0.798. The van der Waals surface area contributed by atoms with Gasteiger partial charge in [0.05, 0.1) is 6.57 Å². The van der Waals surface area contributed by atoms with Crippen molar-refractivity contribution in [3.05, 3.63) is 46.2 Å². The Bertz CT molecular complexity index is 768. The van der Waals surface area contributed by atoms with Gasteiger partial charge in [-0.15, -0.1) is 0 Å². The molecule has 4 nitrogen and oxygen atoms in total. The van der Waals surface area contributed by atoms with Gasteiger partial charge < -0.3 is 9.67 Å². The van der Waals surface area contributed by atoms with E-state index in [1.165, 1.54) is 22.8 Å². The molecular weight excluding hydrogens is 351 g/mol. The highest BCUT2D eigenvalue weighted by atomic mass is 35.5. The molecule has 0 saturated heterocycles. The van der Waals surface area contributed by atoms with Crippen molar-refractivity contribution in [2.24, 2.45) is 0 Å². The molecule has 122 valence electrons. The lowest BCUT2D eigenvalue weighted by Gasteiger charge is -2.11. The second-order valence-corrected chi connectivity index (χ2v) is 5.94. The fourth-order valence-electron chi connectivity index (χ4n) is 2.00. The van der Waals surface area contributed by atoms with Crippen LogP contribution in [0.5, 0.6) is 0 Å². The molecule has 0 atom stereocenters. The number of rotatable bonds is 4. The Hall–Kier alpha value is -1.69. The van der Waals surface area contributed by atoms with Crippen molar-refractivity contribution >= 4 is 29.1 Å². The maximum absolute atomic E-state index is 13.2. The second-order valence-electron chi connectivity index (χ2n) is 4.44. The average Bonchev–Trinajstić information content (AvgIpc) is 2.84. The molecule has 0 spiro atoms. The van der Waals surface area contributed by atoms with Crippen LogP contribution in [0.15, 0.2) is 28.1 Å². The maximum atomic E-state index is 13.2. The fourth-order valence-corrected chi connectivity index (χ4v) is 3.49. The number of aliphatic hydroxyl groups excluding tert-OH is 1. The Morgan fingerprint density at radius 2 is 2.09 bits per heavy atom. The van der Waals surface area contributed by atoms with Crippen molar-refractivity contribution in [2.45, 2.75) is 36.2 Å². The summed E-state index contributed by atoms with van der Waals surface area (Å²) in [5.74, 6) is -0.0604. The third-order valence-corrected chi connectivity index (χ3v) is 4.22. The Labute approximate surface area is 139 Å². The van der Waals surface area contributed by atoms with Crippen LogP contribution in [0.3, 0.4) is 0 Å². The van der Waals surface area contributed by atoms with Gasteiger partial charge in [-0.25, -0.2) is 9.83 Å². The number of aromatic nitrogens is 2. The van der Waals surface area contributed by atoms with Crippen LogP contribution in [0, 0.1) is 6.57 Å². The van der Waals surface area contributed by atoms with Gasteiger partial charge in [0.25, 0.3) is 0 Å². The Morgan fingerprint density at radius 3 is 2.61 bits per heavy atom. The van der Waals surface area contributed by atoms with E-state index < -0.39 is 18.5 Å². The molecule has 2 rings (SSSR count). The standard InChI is InChI=1S/C14H11ClF3N3OS/c1-3-21-11(7-22)20-12(14(16,17)18)13(21)23-10-5-8(15)4-9(6-10)19-2/h4-6,22H,3,7H2,1H3. The van der Waals surface area contributed by atoms with E-state index in [1.54, 1.807) is 6.92 Å². The van der Waals surface area contributed by atoms with Crippen molar-refractivity contribution in [2.75, 3.05) is 0 Å². The van der Waals surface area contributed by atoms with Gasteiger partial charge in [0.15, 0.2) is 11.4 Å². The molecule has 0 aliphatic heterocycles. The first-order chi connectivity index (χ1) is 10.8. The van der Waals surface area contributed by atoms with Crippen molar-refractivity contribution in [3.63, 3.8) is 0 Å². The van der Waals surface area contributed by atoms with Gasteiger partial charge in [-0.05, 0) is 25.1 Å². The van der Waals surface area contributed by atoms with Crippen LogP contribution in [0.2, 0.25) is 5.02 Å². The molecule has 0 unspecified atom stereocenters. The van der Waals surface area contributed by atoms with Gasteiger partial charge in [-0.2, -0.15) is 13.2 Å².